The lowest BCUT2D eigenvalue weighted by atomic mass is 10.2. The molecule has 2 heterocycles. The van der Waals surface area contributed by atoms with Gasteiger partial charge < -0.3 is 23.7 Å². The topological polar surface area (TPSA) is 70.0 Å². The summed E-state index contributed by atoms with van der Waals surface area (Å²) in [5, 5.41) is 0. The number of carbonyl (C=O) groups excluding carboxylic acids is 2. The van der Waals surface area contributed by atoms with E-state index < -0.39 is 12.1 Å². The van der Waals surface area contributed by atoms with Gasteiger partial charge in [0.25, 0.3) is 5.91 Å². The quantitative estimate of drug-likeness (QED) is 0.723. The summed E-state index contributed by atoms with van der Waals surface area (Å²) in [6.07, 6.45) is 1.12. The van der Waals surface area contributed by atoms with Crippen LogP contribution in [0.2, 0.25) is 0 Å². The van der Waals surface area contributed by atoms with Crippen LogP contribution in [-0.2, 0) is 25.5 Å². The molecule has 2 rings (SSSR count). The van der Waals surface area contributed by atoms with E-state index in [0.29, 0.717) is 32.0 Å². The van der Waals surface area contributed by atoms with E-state index >= 15 is 0 Å². The van der Waals surface area contributed by atoms with Crippen molar-refractivity contribution < 1.29 is 23.8 Å². The predicted octanol–water partition coefficient (Wildman–Crippen LogP) is 0.148. The highest BCUT2D eigenvalue weighted by molar-refractivity contribution is 5.93. The first-order valence-electron chi connectivity index (χ1n) is 6.80. The molecule has 1 fully saturated rings. The molecular formula is C14H20N2O5. The lowest BCUT2D eigenvalue weighted by Crippen LogP contribution is -2.49. The van der Waals surface area contributed by atoms with Gasteiger partial charge in [0.2, 0.25) is 0 Å². The van der Waals surface area contributed by atoms with Gasteiger partial charge in [-0.15, -0.1) is 0 Å². The fourth-order valence-electron chi connectivity index (χ4n) is 2.26. The molecule has 0 spiro atoms. The van der Waals surface area contributed by atoms with Crippen LogP contribution in [-0.4, -0.2) is 68.0 Å². The van der Waals surface area contributed by atoms with Crippen molar-refractivity contribution in [3.8, 4) is 0 Å². The van der Waals surface area contributed by atoms with Crippen LogP contribution in [0.1, 0.15) is 10.5 Å². The fraction of sp³-hybridized carbons (Fsp3) is 0.571. The van der Waals surface area contributed by atoms with Gasteiger partial charge in [-0.05, 0) is 12.1 Å². The summed E-state index contributed by atoms with van der Waals surface area (Å²) in [4.78, 5) is 25.7. The third-order valence-electron chi connectivity index (χ3n) is 3.40. The molecule has 1 amide bonds. The maximum absolute atomic E-state index is 12.6. The van der Waals surface area contributed by atoms with Gasteiger partial charge >= 0.3 is 5.97 Å². The van der Waals surface area contributed by atoms with Crippen LogP contribution in [0, 0.1) is 0 Å². The van der Waals surface area contributed by atoms with Crippen LogP contribution < -0.4 is 0 Å². The Balaban J connectivity index is 2.05. The lowest BCUT2D eigenvalue weighted by Gasteiger charge is -2.31. The average Bonchev–Trinajstić information content (AvgIpc) is 2.99. The summed E-state index contributed by atoms with van der Waals surface area (Å²) in [5.41, 5.74) is 0.581. The monoisotopic (exact) mass is 296 g/mol. The Bertz CT molecular complexity index is 499. The second-order valence-electron chi connectivity index (χ2n) is 4.71. The number of hydrogen-bond donors (Lipinski definition) is 0. The second kappa shape index (κ2) is 7.24. The molecule has 116 valence electrons. The highest BCUT2D eigenvalue weighted by Gasteiger charge is 2.31. The number of rotatable bonds is 5. The zero-order valence-electron chi connectivity index (χ0n) is 12.3. The highest BCUT2D eigenvalue weighted by atomic mass is 16.6. The molecule has 1 atom stereocenters. The van der Waals surface area contributed by atoms with Crippen molar-refractivity contribution in [2.45, 2.75) is 12.6 Å². The first-order valence-corrected chi connectivity index (χ1v) is 6.80. The summed E-state index contributed by atoms with van der Waals surface area (Å²) < 4.78 is 16.9. The van der Waals surface area contributed by atoms with Crippen LogP contribution in [0.15, 0.2) is 18.3 Å². The van der Waals surface area contributed by atoms with E-state index in [0.717, 1.165) is 0 Å². The molecule has 0 saturated carbocycles. The number of morpholine rings is 1. The Morgan fingerprint density at radius 2 is 2.24 bits per heavy atom. The lowest BCUT2D eigenvalue weighted by molar-refractivity contribution is -0.158. The smallest absolute Gasteiger partial charge is 0.336 e. The van der Waals surface area contributed by atoms with E-state index in [1.54, 1.807) is 18.1 Å². The summed E-state index contributed by atoms with van der Waals surface area (Å²) in [7, 11) is 2.93. The van der Waals surface area contributed by atoms with Crippen molar-refractivity contribution >= 4 is 11.9 Å². The number of amides is 1. The van der Waals surface area contributed by atoms with Gasteiger partial charge in [0, 0.05) is 26.4 Å². The zero-order valence-corrected chi connectivity index (χ0v) is 12.3. The molecule has 0 aliphatic carbocycles. The van der Waals surface area contributed by atoms with E-state index in [4.69, 9.17) is 9.47 Å². The number of carbonyl (C=O) groups is 2. The molecule has 1 unspecified atom stereocenters. The molecule has 0 radical (unpaired) electrons. The standard InChI is InChI=1S/C14H20N2O5/c1-19-8-6-15-5-3-4-11(15)13(17)16-7-9-21-12(10-16)14(18)20-2/h3-5,12H,6-10H2,1-2H3. The summed E-state index contributed by atoms with van der Waals surface area (Å²) >= 11 is 0. The van der Waals surface area contributed by atoms with Crippen LogP contribution in [0.3, 0.4) is 0 Å². The van der Waals surface area contributed by atoms with Crippen LogP contribution >= 0.6 is 0 Å². The largest absolute Gasteiger partial charge is 0.467 e. The molecule has 1 aromatic rings. The molecule has 21 heavy (non-hydrogen) atoms. The molecule has 0 bridgehead atoms. The molecule has 0 aromatic carbocycles. The number of ether oxygens (including phenoxy) is 3. The Morgan fingerprint density at radius 3 is 2.95 bits per heavy atom. The van der Waals surface area contributed by atoms with Gasteiger partial charge in [0.15, 0.2) is 6.10 Å². The average molecular weight is 296 g/mol. The number of aromatic nitrogens is 1. The van der Waals surface area contributed by atoms with Crippen molar-refractivity contribution in [3.05, 3.63) is 24.0 Å². The Hall–Kier alpha value is -1.86. The Morgan fingerprint density at radius 1 is 1.43 bits per heavy atom. The first kappa shape index (κ1) is 15.5. The Kier molecular flexibility index (Phi) is 5.35. The van der Waals surface area contributed by atoms with Crippen LogP contribution in [0.5, 0.6) is 0 Å². The zero-order chi connectivity index (χ0) is 15.2. The van der Waals surface area contributed by atoms with Crippen molar-refractivity contribution in [1.29, 1.82) is 0 Å². The summed E-state index contributed by atoms with van der Waals surface area (Å²) in [6, 6.07) is 3.59. The first-order chi connectivity index (χ1) is 10.2. The number of esters is 1. The van der Waals surface area contributed by atoms with Gasteiger partial charge in [-0.25, -0.2) is 4.79 Å². The molecular weight excluding hydrogens is 276 g/mol. The van der Waals surface area contributed by atoms with Crippen molar-refractivity contribution in [2.75, 3.05) is 40.5 Å². The molecule has 7 heteroatoms. The van der Waals surface area contributed by atoms with E-state index in [1.165, 1.54) is 7.11 Å². The maximum atomic E-state index is 12.6. The van der Waals surface area contributed by atoms with Gasteiger partial charge in [-0.1, -0.05) is 0 Å². The number of nitrogens with zero attached hydrogens (tertiary/aromatic N) is 2. The van der Waals surface area contributed by atoms with Crippen molar-refractivity contribution in [1.82, 2.24) is 9.47 Å². The second-order valence-corrected chi connectivity index (χ2v) is 4.71. The van der Waals surface area contributed by atoms with Gasteiger partial charge in [0.05, 0.1) is 26.9 Å². The summed E-state index contributed by atoms with van der Waals surface area (Å²) in [6.45, 7) is 2.13. The Labute approximate surface area is 123 Å². The molecule has 1 aromatic heterocycles. The maximum Gasteiger partial charge on any atom is 0.336 e. The fourth-order valence-corrected chi connectivity index (χ4v) is 2.26. The van der Waals surface area contributed by atoms with E-state index in [1.807, 2.05) is 16.8 Å². The number of hydrogen-bond acceptors (Lipinski definition) is 5. The minimum atomic E-state index is -0.713. The normalized spacial score (nSPS) is 18.6. The van der Waals surface area contributed by atoms with Crippen molar-refractivity contribution in [3.63, 3.8) is 0 Å². The van der Waals surface area contributed by atoms with Crippen molar-refractivity contribution in [2.24, 2.45) is 0 Å². The van der Waals surface area contributed by atoms with Gasteiger partial charge in [0.1, 0.15) is 5.69 Å². The molecule has 1 aliphatic heterocycles. The third-order valence-corrected chi connectivity index (χ3v) is 3.40. The number of methoxy groups -OCH3 is 2. The predicted molar refractivity (Wildman–Crippen MR) is 74.0 cm³/mol. The van der Waals surface area contributed by atoms with Gasteiger partial charge in [-0.3, -0.25) is 4.79 Å². The molecule has 7 nitrogen and oxygen atoms in total. The minimum absolute atomic E-state index is 0.117. The van der Waals surface area contributed by atoms with Crippen LogP contribution in [0.25, 0.3) is 0 Å². The summed E-state index contributed by atoms with van der Waals surface area (Å²) in [5.74, 6) is -0.574. The van der Waals surface area contributed by atoms with E-state index in [-0.39, 0.29) is 12.5 Å². The minimum Gasteiger partial charge on any atom is -0.467 e. The molecule has 1 aliphatic rings. The molecule has 0 N–H and O–H groups in total. The van der Waals surface area contributed by atoms with E-state index in [2.05, 4.69) is 4.74 Å². The molecule has 1 saturated heterocycles. The van der Waals surface area contributed by atoms with E-state index in [9.17, 15) is 9.59 Å². The highest BCUT2D eigenvalue weighted by Crippen LogP contribution is 2.12. The third kappa shape index (κ3) is 3.62. The SMILES string of the molecule is COCCn1cccc1C(=O)N1CCOC(C(=O)OC)C1. The van der Waals surface area contributed by atoms with Gasteiger partial charge in [-0.2, -0.15) is 0 Å². The van der Waals surface area contributed by atoms with Crippen LogP contribution in [0.4, 0.5) is 0 Å².